The van der Waals surface area contributed by atoms with Gasteiger partial charge < -0.3 is 15.4 Å². The quantitative estimate of drug-likeness (QED) is 0.228. The monoisotopic (exact) mass is 463 g/mol. The van der Waals surface area contributed by atoms with E-state index in [2.05, 4.69) is 22.5 Å². The summed E-state index contributed by atoms with van der Waals surface area (Å²) >= 11 is 0. The maximum atomic E-state index is 13.1. The second-order valence-electron chi connectivity index (χ2n) is 6.29. The topological polar surface area (TPSA) is 45.7 Å². The minimum Gasteiger partial charge on any atom is -0.381 e. The molecule has 4 nitrogen and oxygen atoms in total. The zero-order chi connectivity index (χ0) is 17.0. The Morgan fingerprint density at radius 2 is 2.12 bits per heavy atom. The van der Waals surface area contributed by atoms with Crippen LogP contribution in [0.2, 0.25) is 0 Å². The fourth-order valence-electron chi connectivity index (χ4n) is 2.42. The first-order chi connectivity index (χ1) is 11.8. The predicted molar refractivity (Wildman–Crippen MR) is 112 cm³/mol. The molecule has 0 radical (unpaired) electrons. The molecule has 0 saturated heterocycles. The standard InChI is InChI=1S/C19H30FN3O.HI/c1-2-21-19(23-12-5-13-24-15-17-9-10-17)22-11-4-7-16-6-3-8-18(20)14-16;/h3,6,8,14,17H,2,4-5,7,9-13,15H2,1H3,(H2,21,22,23);1H. The molecule has 2 rings (SSSR count). The van der Waals surface area contributed by atoms with Crippen molar-refractivity contribution in [2.24, 2.45) is 10.9 Å². The Hall–Kier alpha value is -0.890. The molecule has 1 saturated carbocycles. The van der Waals surface area contributed by atoms with Crippen LogP contribution in [0.15, 0.2) is 29.3 Å². The number of benzene rings is 1. The van der Waals surface area contributed by atoms with Gasteiger partial charge in [-0.15, -0.1) is 24.0 Å². The molecule has 2 N–H and O–H groups in total. The van der Waals surface area contributed by atoms with E-state index in [1.165, 1.54) is 18.9 Å². The Balaban J connectivity index is 0.00000312. The maximum absolute atomic E-state index is 13.1. The number of aliphatic imine (C=N–C) groups is 1. The molecule has 0 spiro atoms. The number of halogens is 2. The highest BCUT2D eigenvalue weighted by Gasteiger charge is 2.20. The molecule has 0 atom stereocenters. The van der Waals surface area contributed by atoms with Gasteiger partial charge in [-0.3, -0.25) is 4.99 Å². The molecule has 25 heavy (non-hydrogen) atoms. The van der Waals surface area contributed by atoms with Gasteiger partial charge in [0.25, 0.3) is 0 Å². The van der Waals surface area contributed by atoms with E-state index >= 15 is 0 Å². The number of hydrogen-bond acceptors (Lipinski definition) is 2. The zero-order valence-corrected chi connectivity index (χ0v) is 17.4. The van der Waals surface area contributed by atoms with Crippen molar-refractivity contribution in [3.63, 3.8) is 0 Å². The van der Waals surface area contributed by atoms with Crippen LogP contribution in [-0.2, 0) is 11.2 Å². The van der Waals surface area contributed by atoms with Crippen LogP contribution in [0.4, 0.5) is 4.39 Å². The Morgan fingerprint density at radius 1 is 1.28 bits per heavy atom. The van der Waals surface area contributed by atoms with Crippen molar-refractivity contribution in [2.75, 3.05) is 32.8 Å². The third-order valence-electron chi connectivity index (χ3n) is 3.94. The first-order valence-corrected chi connectivity index (χ1v) is 9.12. The summed E-state index contributed by atoms with van der Waals surface area (Å²) in [6.45, 7) is 6.22. The van der Waals surface area contributed by atoms with Crippen LogP contribution in [0.1, 0.15) is 38.2 Å². The summed E-state index contributed by atoms with van der Waals surface area (Å²) in [4.78, 5) is 4.57. The number of hydrogen-bond donors (Lipinski definition) is 2. The van der Waals surface area contributed by atoms with Gasteiger partial charge >= 0.3 is 0 Å². The van der Waals surface area contributed by atoms with Gasteiger partial charge in [0.15, 0.2) is 5.96 Å². The number of aryl methyl sites for hydroxylation is 1. The number of rotatable bonds is 11. The Bertz CT molecular complexity index is 509. The van der Waals surface area contributed by atoms with E-state index in [9.17, 15) is 4.39 Å². The maximum Gasteiger partial charge on any atom is 0.191 e. The van der Waals surface area contributed by atoms with Gasteiger partial charge in [-0.05, 0) is 62.6 Å². The van der Waals surface area contributed by atoms with Crippen molar-refractivity contribution in [2.45, 2.75) is 39.0 Å². The lowest BCUT2D eigenvalue weighted by atomic mass is 10.1. The summed E-state index contributed by atoms with van der Waals surface area (Å²) in [6.07, 6.45) is 5.41. The van der Waals surface area contributed by atoms with Gasteiger partial charge in [0, 0.05) is 32.8 Å². The summed E-state index contributed by atoms with van der Waals surface area (Å²) in [5.74, 6) is 1.50. The summed E-state index contributed by atoms with van der Waals surface area (Å²) in [6, 6.07) is 6.78. The van der Waals surface area contributed by atoms with E-state index in [0.717, 1.165) is 69.6 Å². The van der Waals surface area contributed by atoms with Crippen LogP contribution in [-0.4, -0.2) is 38.8 Å². The fourth-order valence-corrected chi connectivity index (χ4v) is 2.42. The van der Waals surface area contributed by atoms with Crippen molar-refractivity contribution < 1.29 is 9.13 Å². The van der Waals surface area contributed by atoms with Crippen LogP contribution < -0.4 is 10.6 Å². The van der Waals surface area contributed by atoms with Crippen molar-refractivity contribution in [1.29, 1.82) is 0 Å². The van der Waals surface area contributed by atoms with Crippen LogP contribution in [0, 0.1) is 11.7 Å². The second kappa shape index (κ2) is 13.3. The minimum absolute atomic E-state index is 0. The van der Waals surface area contributed by atoms with Crippen molar-refractivity contribution in [3.8, 4) is 0 Å². The number of ether oxygens (including phenoxy) is 1. The molecule has 1 aliphatic carbocycles. The van der Waals surface area contributed by atoms with Gasteiger partial charge in [-0.1, -0.05) is 12.1 Å². The molecule has 0 bridgehead atoms. The van der Waals surface area contributed by atoms with Crippen LogP contribution in [0.25, 0.3) is 0 Å². The van der Waals surface area contributed by atoms with E-state index in [1.54, 1.807) is 12.1 Å². The molecule has 0 amide bonds. The molecular formula is C19H31FIN3O. The number of guanidine groups is 1. The van der Waals surface area contributed by atoms with E-state index in [-0.39, 0.29) is 29.8 Å². The molecule has 0 aliphatic heterocycles. The molecule has 6 heteroatoms. The van der Waals surface area contributed by atoms with Gasteiger partial charge in [-0.25, -0.2) is 4.39 Å². The molecule has 0 heterocycles. The van der Waals surface area contributed by atoms with E-state index in [1.807, 2.05) is 6.07 Å². The molecule has 0 unspecified atom stereocenters. The third kappa shape index (κ3) is 10.6. The molecule has 1 fully saturated rings. The zero-order valence-electron chi connectivity index (χ0n) is 15.1. The van der Waals surface area contributed by atoms with Crippen molar-refractivity contribution >= 4 is 29.9 Å². The largest absolute Gasteiger partial charge is 0.381 e. The highest BCUT2D eigenvalue weighted by molar-refractivity contribution is 14.0. The highest BCUT2D eigenvalue weighted by Crippen LogP contribution is 2.28. The van der Waals surface area contributed by atoms with E-state index in [4.69, 9.17) is 4.74 Å². The molecular weight excluding hydrogens is 432 g/mol. The van der Waals surface area contributed by atoms with Gasteiger partial charge in [0.05, 0.1) is 0 Å². The van der Waals surface area contributed by atoms with Crippen molar-refractivity contribution in [1.82, 2.24) is 10.6 Å². The van der Waals surface area contributed by atoms with E-state index in [0.29, 0.717) is 0 Å². The smallest absolute Gasteiger partial charge is 0.191 e. The van der Waals surface area contributed by atoms with Gasteiger partial charge in [0.2, 0.25) is 0 Å². The lowest BCUT2D eigenvalue weighted by Gasteiger charge is -2.11. The summed E-state index contributed by atoms with van der Waals surface area (Å²) in [5, 5.41) is 6.58. The molecule has 0 aromatic heterocycles. The Labute approximate surface area is 168 Å². The predicted octanol–water partition coefficient (Wildman–Crippen LogP) is 3.75. The SMILES string of the molecule is CCNC(=NCCCc1cccc(F)c1)NCCCOCC1CC1.I. The Morgan fingerprint density at radius 3 is 2.84 bits per heavy atom. The minimum atomic E-state index is -0.171. The normalized spacial score (nSPS) is 14.1. The molecule has 142 valence electrons. The van der Waals surface area contributed by atoms with E-state index < -0.39 is 0 Å². The first kappa shape index (κ1) is 22.2. The van der Waals surface area contributed by atoms with Gasteiger partial charge in [-0.2, -0.15) is 0 Å². The fraction of sp³-hybridized carbons (Fsp3) is 0.632. The van der Waals surface area contributed by atoms with Crippen molar-refractivity contribution in [3.05, 3.63) is 35.6 Å². The van der Waals surface area contributed by atoms with Crippen LogP contribution >= 0.6 is 24.0 Å². The first-order valence-electron chi connectivity index (χ1n) is 9.12. The molecule has 1 aromatic rings. The Kier molecular flexibility index (Phi) is 11.8. The lowest BCUT2D eigenvalue weighted by molar-refractivity contribution is 0.123. The molecule has 1 aliphatic rings. The van der Waals surface area contributed by atoms with Crippen LogP contribution in [0.5, 0.6) is 0 Å². The summed E-state index contributed by atoms with van der Waals surface area (Å²) in [7, 11) is 0. The summed E-state index contributed by atoms with van der Waals surface area (Å²) < 4.78 is 18.7. The average molecular weight is 463 g/mol. The average Bonchev–Trinajstić information content (AvgIpc) is 3.39. The van der Waals surface area contributed by atoms with Crippen LogP contribution in [0.3, 0.4) is 0 Å². The highest BCUT2D eigenvalue weighted by atomic mass is 127. The summed E-state index contributed by atoms with van der Waals surface area (Å²) in [5.41, 5.74) is 1.02. The van der Waals surface area contributed by atoms with Gasteiger partial charge in [0.1, 0.15) is 5.82 Å². The molecule has 1 aromatic carbocycles. The lowest BCUT2D eigenvalue weighted by Crippen LogP contribution is -2.38. The third-order valence-corrected chi connectivity index (χ3v) is 3.94. The number of nitrogens with zero attached hydrogens (tertiary/aromatic N) is 1. The second-order valence-corrected chi connectivity index (χ2v) is 6.29. The number of nitrogens with one attached hydrogen (secondary N) is 2.